The molecule has 1 aromatic carbocycles. The monoisotopic (exact) mass is 347 g/mol. The quantitative estimate of drug-likeness (QED) is 0.787. The molecule has 2 rings (SSSR count). The van der Waals surface area contributed by atoms with Crippen LogP contribution in [0.25, 0.3) is 0 Å². The maximum Gasteiger partial charge on any atom is 0.573 e. The van der Waals surface area contributed by atoms with Gasteiger partial charge < -0.3 is 19.9 Å². The van der Waals surface area contributed by atoms with Crippen LogP contribution in [0.5, 0.6) is 5.75 Å². The normalized spacial score (nSPS) is 21.0. The lowest BCUT2D eigenvalue weighted by Crippen LogP contribution is -2.44. The average Bonchev–Trinajstić information content (AvgIpc) is 3.26. The van der Waals surface area contributed by atoms with E-state index >= 15 is 0 Å². The van der Waals surface area contributed by atoms with Crippen LogP contribution in [0.1, 0.15) is 17.9 Å². The highest BCUT2D eigenvalue weighted by Crippen LogP contribution is 2.51. The fraction of sp³-hybridized carbons (Fsp3) is 0.467. The van der Waals surface area contributed by atoms with E-state index in [2.05, 4.69) is 10.1 Å². The van der Waals surface area contributed by atoms with Crippen LogP contribution >= 0.6 is 0 Å². The molecule has 1 aliphatic rings. The summed E-state index contributed by atoms with van der Waals surface area (Å²) in [6.45, 7) is -0.202. The zero-order chi connectivity index (χ0) is 17.9. The van der Waals surface area contributed by atoms with Gasteiger partial charge in [0.25, 0.3) is 0 Å². The minimum Gasteiger partial charge on any atom is -0.480 e. The molecule has 3 unspecified atom stereocenters. The molecule has 1 fully saturated rings. The number of aliphatic carboxylic acids is 1. The van der Waals surface area contributed by atoms with E-state index in [0.717, 1.165) is 0 Å². The SMILES string of the molecule is COCC(NC(=O)C1CC1c1ccccc1OC(F)(F)F)C(=O)O. The molecule has 3 atom stereocenters. The number of carbonyl (C=O) groups excluding carboxylic acids is 1. The fourth-order valence-electron chi connectivity index (χ4n) is 2.45. The highest BCUT2D eigenvalue weighted by molar-refractivity contribution is 5.87. The van der Waals surface area contributed by atoms with Crippen molar-refractivity contribution in [2.75, 3.05) is 13.7 Å². The molecule has 0 radical (unpaired) electrons. The second-order valence-electron chi connectivity index (χ2n) is 5.39. The first kappa shape index (κ1) is 18.1. The van der Waals surface area contributed by atoms with Gasteiger partial charge in [0.05, 0.1) is 6.61 Å². The first-order valence-electron chi connectivity index (χ1n) is 7.09. The highest BCUT2D eigenvalue weighted by atomic mass is 19.4. The number of alkyl halides is 3. The van der Waals surface area contributed by atoms with E-state index in [9.17, 15) is 22.8 Å². The third-order valence-corrected chi connectivity index (χ3v) is 3.62. The lowest BCUT2D eigenvalue weighted by Gasteiger charge is -2.14. The predicted molar refractivity (Wildman–Crippen MR) is 75.4 cm³/mol. The Hall–Kier alpha value is -2.29. The van der Waals surface area contributed by atoms with E-state index < -0.39 is 36.1 Å². The maximum atomic E-state index is 12.4. The first-order valence-corrected chi connectivity index (χ1v) is 7.09. The average molecular weight is 347 g/mol. The van der Waals surface area contributed by atoms with Crippen LogP contribution in [0.4, 0.5) is 13.2 Å². The van der Waals surface area contributed by atoms with Crippen LogP contribution in [0.2, 0.25) is 0 Å². The molecule has 0 spiro atoms. The first-order chi connectivity index (χ1) is 11.2. The summed E-state index contributed by atoms with van der Waals surface area (Å²) in [6.07, 6.45) is -4.50. The van der Waals surface area contributed by atoms with Crippen molar-refractivity contribution in [3.05, 3.63) is 29.8 Å². The summed E-state index contributed by atoms with van der Waals surface area (Å²) >= 11 is 0. The zero-order valence-corrected chi connectivity index (χ0v) is 12.7. The van der Waals surface area contributed by atoms with Crippen molar-refractivity contribution in [2.24, 2.45) is 5.92 Å². The van der Waals surface area contributed by atoms with Gasteiger partial charge in [-0.3, -0.25) is 4.79 Å². The Kier molecular flexibility index (Phi) is 5.33. The number of methoxy groups -OCH3 is 1. The Morgan fingerprint density at radius 3 is 2.62 bits per heavy atom. The number of hydrogen-bond donors (Lipinski definition) is 2. The number of carboxylic acid groups (broad SMARTS) is 1. The molecular weight excluding hydrogens is 331 g/mol. The Morgan fingerprint density at radius 1 is 1.38 bits per heavy atom. The van der Waals surface area contributed by atoms with E-state index in [0.29, 0.717) is 6.42 Å². The van der Waals surface area contributed by atoms with Gasteiger partial charge >= 0.3 is 12.3 Å². The van der Waals surface area contributed by atoms with Crippen molar-refractivity contribution in [2.45, 2.75) is 24.7 Å². The number of para-hydroxylation sites is 1. The van der Waals surface area contributed by atoms with E-state index in [1.54, 1.807) is 6.07 Å². The molecule has 1 aromatic rings. The molecule has 0 aliphatic heterocycles. The number of amides is 1. The minimum absolute atomic E-state index is 0.202. The Balaban J connectivity index is 2.05. The number of carboxylic acids is 1. The van der Waals surface area contributed by atoms with Crippen molar-refractivity contribution >= 4 is 11.9 Å². The van der Waals surface area contributed by atoms with Crippen molar-refractivity contribution < 1.29 is 37.3 Å². The van der Waals surface area contributed by atoms with Gasteiger partial charge in [-0.2, -0.15) is 0 Å². The number of ether oxygens (including phenoxy) is 2. The summed E-state index contributed by atoms with van der Waals surface area (Å²) < 4.78 is 46.0. The van der Waals surface area contributed by atoms with Crippen LogP contribution in [0.3, 0.4) is 0 Å². The molecule has 9 heteroatoms. The summed E-state index contributed by atoms with van der Waals surface area (Å²) in [5.41, 5.74) is 0.272. The van der Waals surface area contributed by atoms with Crippen LogP contribution in [-0.4, -0.2) is 43.1 Å². The van der Waals surface area contributed by atoms with Crippen LogP contribution in [0.15, 0.2) is 24.3 Å². The number of rotatable bonds is 7. The summed E-state index contributed by atoms with van der Waals surface area (Å²) in [5, 5.41) is 11.3. The number of benzene rings is 1. The van der Waals surface area contributed by atoms with E-state index in [4.69, 9.17) is 9.84 Å². The molecule has 1 saturated carbocycles. The van der Waals surface area contributed by atoms with Crippen molar-refractivity contribution in [3.63, 3.8) is 0 Å². The molecule has 0 heterocycles. The van der Waals surface area contributed by atoms with E-state index in [1.165, 1.54) is 25.3 Å². The van der Waals surface area contributed by atoms with Crippen LogP contribution in [0, 0.1) is 5.92 Å². The topological polar surface area (TPSA) is 84.9 Å². The third-order valence-electron chi connectivity index (χ3n) is 3.62. The minimum atomic E-state index is -4.82. The smallest absolute Gasteiger partial charge is 0.480 e. The van der Waals surface area contributed by atoms with Gasteiger partial charge in [0.15, 0.2) is 6.04 Å². The molecule has 1 aliphatic carbocycles. The molecule has 1 amide bonds. The molecule has 0 saturated heterocycles. The summed E-state index contributed by atoms with van der Waals surface area (Å²) in [5.74, 6) is -3.17. The zero-order valence-electron chi connectivity index (χ0n) is 12.7. The van der Waals surface area contributed by atoms with E-state index in [1.807, 2.05) is 0 Å². The number of halogens is 3. The number of carbonyl (C=O) groups is 2. The Morgan fingerprint density at radius 2 is 2.04 bits per heavy atom. The van der Waals surface area contributed by atoms with Crippen molar-refractivity contribution in [1.29, 1.82) is 0 Å². The predicted octanol–water partition coefficient (Wildman–Crippen LogP) is 1.90. The standard InChI is InChI=1S/C15H16F3NO5/c1-23-7-11(14(21)22)19-13(20)10-6-9(10)8-4-2-3-5-12(8)24-15(16,17)18/h2-5,9-11H,6-7H2,1H3,(H,19,20)(H,21,22). The third kappa shape index (κ3) is 4.60. The summed E-state index contributed by atoms with van der Waals surface area (Å²) in [4.78, 5) is 23.1. The largest absolute Gasteiger partial charge is 0.573 e. The van der Waals surface area contributed by atoms with Crippen molar-refractivity contribution in [3.8, 4) is 5.75 Å². The van der Waals surface area contributed by atoms with Crippen LogP contribution in [-0.2, 0) is 14.3 Å². The lowest BCUT2D eigenvalue weighted by atomic mass is 10.1. The molecule has 132 valence electrons. The molecule has 0 aromatic heterocycles. The van der Waals surface area contributed by atoms with Crippen molar-refractivity contribution in [1.82, 2.24) is 5.32 Å². The molecule has 24 heavy (non-hydrogen) atoms. The van der Waals surface area contributed by atoms with Gasteiger partial charge in [0.2, 0.25) is 5.91 Å². The summed E-state index contributed by atoms with van der Waals surface area (Å²) in [6, 6.07) is 4.40. The van der Waals surface area contributed by atoms with Gasteiger partial charge in [0, 0.05) is 13.0 Å². The lowest BCUT2D eigenvalue weighted by molar-refractivity contribution is -0.274. The molecular formula is C15H16F3NO5. The molecule has 2 N–H and O–H groups in total. The highest BCUT2D eigenvalue weighted by Gasteiger charge is 2.47. The van der Waals surface area contributed by atoms with Gasteiger partial charge in [0.1, 0.15) is 5.75 Å². The van der Waals surface area contributed by atoms with E-state index in [-0.39, 0.29) is 17.9 Å². The van der Waals surface area contributed by atoms with Crippen LogP contribution < -0.4 is 10.1 Å². The Labute approximate surface area is 135 Å². The summed E-state index contributed by atoms with van der Waals surface area (Å²) in [7, 11) is 1.30. The maximum absolute atomic E-state index is 12.4. The molecule has 0 bridgehead atoms. The number of nitrogens with one attached hydrogen (secondary N) is 1. The van der Waals surface area contributed by atoms with Gasteiger partial charge in [-0.15, -0.1) is 13.2 Å². The van der Waals surface area contributed by atoms with Gasteiger partial charge in [-0.25, -0.2) is 4.79 Å². The van der Waals surface area contributed by atoms with Gasteiger partial charge in [-0.05, 0) is 24.0 Å². The second-order valence-corrected chi connectivity index (χ2v) is 5.39. The molecule has 6 nitrogen and oxygen atoms in total. The Bertz CT molecular complexity index is 619. The number of hydrogen-bond acceptors (Lipinski definition) is 4. The second kappa shape index (κ2) is 7.08. The van der Waals surface area contributed by atoms with Gasteiger partial charge in [-0.1, -0.05) is 18.2 Å². The fourth-order valence-corrected chi connectivity index (χ4v) is 2.45.